The molecule has 0 unspecified atom stereocenters. The zero-order chi connectivity index (χ0) is 18.9. The molecular weight excluding hydrogens is 358 g/mol. The second kappa shape index (κ2) is 7.44. The van der Waals surface area contributed by atoms with Gasteiger partial charge in [0, 0.05) is 19.0 Å². The highest BCUT2D eigenvalue weighted by molar-refractivity contribution is 7.89. The summed E-state index contributed by atoms with van der Waals surface area (Å²) in [7, 11) is -3.42. The van der Waals surface area contributed by atoms with E-state index in [2.05, 4.69) is 16.9 Å². The Hall–Kier alpha value is -2.18. The summed E-state index contributed by atoms with van der Waals surface area (Å²) >= 11 is 0. The number of aromatic nitrogens is 2. The number of hydrogen-bond donors (Lipinski definition) is 1. The van der Waals surface area contributed by atoms with Crippen LogP contribution in [0.25, 0.3) is 11.0 Å². The van der Waals surface area contributed by atoms with Crippen molar-refractivity contribution in [3.8, 4) is 0 Å². The third-order valence-corrected chi connectivity index (χ3v) is 7.26. The van der Waals surface area contributed by atoms with Gasteiger partial charge in [0.2, 0.25) is 10.0 Å². The van der Waals surface area contributed by atoms with Crippen LogP contribution in [-0.2, 0) is 16.4 Å². The minimum atomic E-state index is -3.42. The van der Waals surface area contributed by atoms with E-state index in [9.17, 15) is 8.42 Å². The van der Waals surface area contributed by atoms with Gasteiger partial charge in [-0.25, -0.2) is 13.4 Å². The number of aromatic amines is 1. The fourth-order valence-corrected chi connectivity index (χ4v) is 5.27. The predicted octanol–water partition coefficient (Wildman–Crippen LogP) is 4.08. The number of aryl methyl sites for hydroxylation is 1. The molecule has 0 amide bonds. The largest absolute Gasteiger partial charge is 0.342 e. The number of fused-ring (bicyclic) bond motifs is 1. The van der Waals surface area contributed by atoms with E-state index < -0.39 is 10.0 Å². The number of H-pyrrole nitrogens is 1. The van der Waals surface area contributed by atoms with Gasteiger partial charge in [-0.2, -0.15) is 4.31 Å². The molecule has 6 heteroatoms. The predicted molar refractivity (Wildman–Crippen MR) is 107 cm³/mol. The van der Waals surface area contributed by atoms with E-state index in [0.717, 1.165) is 42.5 Å². The first-order valence-corrected chi connectivity index (χ1v) is 11.1. The van der Waals surface area contributed by atoms with E-state index in [4.69, 9.17) is 0 Å². The van der Waals surface area contributed by atoms with Crippen molar-refractivity contribution in [1.82, 2.24) is 14.3 Å². The smallest absolute Gasteiger partial charge is 0.243 e. The fraction of sp³-hybridized carbons (Fsp3) is 0.381. The molecule has 0 bridgehead atoms. The first-order valence-electron chi connectivity index (χ1n) is 9.61. The standard InChI is InChI=1S/C21H25N3O2S/c1-2-5-16-8-10-18(11-9-16)27(25,26)24-14-12-17(13-15-24)21-22-19-6-3-4-7-20(19)23-21/h3-4,6-11,17H,2,5,12-15H2,1H3,(H,22,23). The fourth-order valence-electron chi connectivity index (χ4n) is 3.80. The van der Waals surface area contributed by atoms with Crippen molar-refractivity contribution in [1.29, 1.82) is 0 Å². The van der Waals surface area contributed by atoms with Crippen molar-refractivity contribution in [2.75, 3.05) is 13.1 Å². The first-order chi connectivity index (χ1) is 13.1. The van der Waals surface area contributed by atoms with Gasteiger partial charge in [-0.1, -0.05) is 37.6 Å². The third kappa shape index (κ3) is 3.64. The monoisotopic (exact) mass is 383 g/mol. The molecule has 142 valence electrons. The van der Waals surface area contributed by atoms with Crippen LogP contribution in [0.2, 0.25) is 0 Å². The van der Waals surface area contributed by atoms with E-state index in [0.29, 0.717) is 18.0 Å². The summed E-state index contributed by atoms with van der Waals surface area (Å²) in [5.74, 6) is 1.24. The average molecular weight is 384 g/mol. The lowest BCUT2D eigenvalue weighted by atomic mass is 9.97. The van der Waals surface area contributed by atoms with Gasteiger partial charge in [-0.15, -0.1) is 0 Å². The summed E-state index contributed by atoms with van der Waals surface area (Å²) in [6.07, 6.45) is 3.60. The minimum Gasteiger partial charge on any atom is -0.342 e. The topological polar surface area (TPSA) is 66.1 Å². The number of hydrogen-bond acceptors (Lipinski definition) is 3. The number of nitrogens with zero attached hydrogens (tertiary/aromatic N) is 2. The SMILES string of the molecule is CCCc1ccc(S(=O)(=O)N2CCC(c3nc4ccccc4[nH]3)CC2)cc1. The average Bonchev–Trinajstić information content (AvgIpc) is 3.13. The van der Waals surface area contributed by atoms with Gasteiger partial charge in [-0.3, -0.25) is 0 Å². The molecule has 1 aliphatic heterocycles. The lowest BCUT2D eigenvalue weighted by molar-refractivity contribution is 0.314. The summed E-state index contributed by atoms with van der Waals surface area (Å²) in [4.78, 5) is 8.47. The van der Waals surface area contributed by atoms with E-state index in [-0.39, 0.29) is 5.92 Å². The third-order valence-electron chi connectivity index (χ3n) is 5.35. The number of rotatable bonds is 5. The first kappa shape index (κ1) is 18.2. The normalized spacial score (nSPS) is 16.8. The summed E-state index contributed by atoms with van der Waals surface area (Å²) < 4.78 is 27.5. The Morgan fingerprint density at radius 3 is 2.44 bits per heavy atom. The Morgan fingerprint density at radius 1 is 1.07 bits per heavy atom. The number of piperidine rings is 1. The van der Waals surface area contributed by atoms with E-state index in [1.165, 1.54) is 5.56 Å². The van der Waals surface area contributed by atoms with Gasteiger partial charge in [0.25, 0.3) is 0 Å². The van der Waals surface area contributed by atoms with E-state index in [1.54, 1.807) is 16.4 Å². The lowest BCUT2D eigenvalue weighted by Gasteiger charge is -2.30. The molecule has 0 aliphatic carbocycles. The number of nitrogens with one attached hydrogen (secondary N) is 1. The molecule has 4 rings (SSSR count). The van der Waals surface area contributed by atoms with Crippen LogP contribution < -0.4 is 0 Å². The zero-order valence-electron chi connectivity index (χ0n) is 15.6. The Balaban J connectivity index is 1.46. The number of sulfonamides is 1. The molecule has 5 nitrogen and oxygen atoms in total. The van der Waals surface area contributed by atoms with Crippen molar-refractivity contribution in [2.45, 2.75) is 43.4 Å². The molecule has 1 aromatic heterocycles. The molecule has 27 heavy (non-hydrogen) atoms. The summed E-state index contributed by atoms with van der Waals surface area (Å²) in [5.41, 5.74) is 3.18. The van der Waals surface area contributed by atoms with E-state index in [1.807, 2.05) is 36.4 Å². The van der Waals surface area contributed by atoms with Crippen LogP contribution >= 0.6 is 0 Å². The van der Waals surface area contributed by atoms with Crippen LogP contribution in [0.4, 0.5) is 0 Å². The summed E-state index contributed by atoms with van der Waals surface area (Å²) in [6.45, 7) is 3.18. The molecular formula is C21H25N3O2S. The second-order valence-corrected chi connectivity index (χ2v) is 9.15. The zero-order valence-corrected chi connectivity index (χ0v) is 16.4. The van der Waals surface area contributed by atoms with Crippen molar-refractivity contribution in [3.05, 3.63) is 59.9 Å². The summed E-state index contributed by atoms with van der Waals surface area (Å²) in [6, 6.07) is 15.3. The molecule has 0 radical (unpaired) electrons. The molecule has 1 fully saturated rings. The van der Waals surface area contributed by atoms with Crippen LogP contribution in [-0.4, -0.2) is 35.8 Å². The van der Waals surface area contributed by atoms with Gasteiger partial charge < -0.3 is 4.98 Å². The van der Waals surface area contributed by atoms with Gasteiger partial charge in [-0.05, 0) is 49.1 Å². The molecule has 0 spiro atoms. The Morgan fingerprint density at radius 2 is 1.78 bits per heavy atom. The van der Waals surface area contributed by atoms with Crippen LogP contribution in [0, 0.1) is 0 Å². The van der Waals surface area contributed by atoms with Crippen molar-refractivity contribution >= 4 is 21.1 Å². The highest BCUT2D eigenvalue weighted by Crippen LogP contribution is 2.30. The maximum atomic E-state index is 12.9. The molecule has 1 saturated heterocycles. The van der Waals surface area contributed by atoms with Crippen LogP contribution in [0.1, 0.15) is 43.5 Å². The molecule has 3 aromatic rings. The molecule has 0 atom stereocenters. The van der Waals surface area contributed by atoms with Crippen LogP contribution in [0.5, 0.6) is 0 Å². The van der Waals surface area contributed by atoms with E-state index >= 15 is 0 Å². The Labute approximate surface area is 160 Å². The molecule has 1 aliphatic rings. The minimum absolute atomic E-state index is 0.274. The number of benzene rings is 2. The molecule has 1 N–H and O–H groups in total. The second-order valence-electron chi connectivity index (χ2n) is 7.21. The van der Waals surface area contributed by atoms with Crippen LogP contribution in [0.3, 0.4) is 0 Å². The van der Waals surface area contributed by atoms with Gasteiger partial charge >= 0.3 is 0 Å². The lowest BCUT2D eigenvalue weighted by Crippen LogP contribution is -2.38. The quantitative estimate of drug-likeness (QED) is 0.722. The number of para-hydroxylation sites is 2. The van der Waals surface area contributed by atoms with Crippen molar-refractivity contribution in [3.63, 3.8) is 0 Å². The Bertz CT molecular complexity index is 984. The van der Waals surface area contributed by atoms with Gasteiger partial charge in [0.05, 0.1) is 15.9 Å². The maximum Gasteiger partial charge on any atom is 0.243 e. The molecule has 2 heterocycles. The Kier molecular flexibility index (Phi) is 5.02. The summed E-state index contributed by atoms with van der Waals surface area (Å²) in [5, 5.41) is 0. The highest BCUT2D eigenvalue weighted by Gasteiger charge is 2.31. The number of imidazole rings is 1. The van der Waals surface area contributed by atoms with Crippen LogP contribution in [0.15, 0.2) is 53.4 Å². The maximum absolute atomic E-state index is 12.9. The highest BCUT2D eigenvalue weighted by atomic mass is 32.2. The van der Waals surface area contributed by atoms with Crippen molar-refractivity contribution < 1.29 is 8.42 Å². The molecule has 0 saturated carbocycles. The van der Waals surface area contributed by atoms with Gasteiger partial charge in [0.1, 0.15) is 5.82 Å². The molecule has 2 aromatic carbocycles. The van der Waals surface area contributed by atoms with Crippen molar-refractivity contribution in [2.24, 2.45) is 0 Å². The van der Waals surface area contributed by atoms with Gasteiger partial charge in [0.15, 0.2) is 0 Å².